The van der Waals surface area contributed by atoms with Crippen molar-refractivity contribution in [1.82, 2.24) is 39.8 Å². The number of Topliss-reactive ketones (excluding diaryl/α,β-unsaturated/α-hetero) is 1. The van der Waals surface area contributed by atoms with Crippen molar-refractivity contribution in [3.05, 3.63) is 113 Å². The van der Waals surface area contributed by atoms with Gasteiger partial charge in [0.25, 0.3) is 0 Å². The average Bonchev–Trinajstić information content (AvgIpc) is 3.84. The number of H-pyrrole nitrogens is 1. The number of benzene rings is 2. The number of carbonyl (C=O) groups is 1. The number of aromatic amines is 1. The maximum atomic E-state index is 14.2. The fraction of sp³-hybridized carbons (Fsp3) is 0.242. The second kappa shape index (κ2) is 11.8. The molecule has 0 saturated carbocycles. The number of hydroxylamine groups is 2. The van der Waals surface area contributed by atoms with Crippen molar-refractivity contribution in [2.45, 2.75) is 32.4 Å². The molecule has 0 bridgehead atoms. The van der Waals surface area contributed by atoms with Gasteiger partial charge in [-0.05, 0) is 48.4 Å². The molecular weight excluding hydrogens is 578 g/mol. The van der Waals surface area contributed by atoms with Crippen molar-refractivity contribution in [2.24, 2.45) is 13.0 Å². The van der Waals surface area contributed by atoms with Crippen LogP contribution in [-0.4, -0.2) is 52.1 Å². The first kappa shape index (κ1) is 28.7. The maximum absolute atomic E-state index is 14.2. The number of fused-ring (bicyclic) bond motifs is 1. The van der Waals surface area contributed by atoms with Gasteiger partial charge in [-0.3, -0.25) is 19.4 Å². The molecule has 45 heavy (non-hydrogen) atoms. The lowest BCUT2D eigenvalue weighted by Gasteiger charge is -2.18. The molecule has 1 aliphatic heterocycles. The Morgan fingerprint density at radius 2 is 1.91 bits per heavy atom. The summed E-state index contributed by atoms with van der Waals surface area (Å²) in [6, 6.07) is 15.4. The highest BCUT2D eigenvalue weighted by molar-refractivity contribution is 5.84. The molecule has 0 unspecified atom stereocenters. The normalized spacial score (nSPS) is 17.0. The van der Waals surface area contributed by atoms with Crippen LogP contribution in [0.5, 0.6) is 0 Å². The van der Waals surface area contributed by atoms with E-state index in [-0.39, 0.29) is 24.5 Å². The second-order valence-electron chi connectivity index (χ2n) is 11.4. The van der Waals surface area contributed by atoms with E-state index in [1.807, 2.05) is 55.1 Å². The first-order valence-electron chi connectivity index (χ1n) is 14.6. The number of para-hydroxylation sites is 1. The van der Waals surface area contributed by atoms with Gasteiger partial charge in [-0.1, -0.05) is 24.3 Å². The van der Waals surface area contributed by atoms with Crippen molar-refractivity contribution < 1.29 is 18.4 Å². The van der Waals surface area contributed by atoms with E-state index in [0.717, 1.165) is 56.9 Å². The highest BCUT2D eigenvalue weighted by Gasteiger charge is 2.37. The summed E-state index contributed by atoms with van der Waals surface area (Å²) in [5.41, 5.74) is 6.19. The number of rotatable bonds is 9. The van der Waals surface area contributed by atoms with Gasteiger partial charge in [0.15, 0.2) is 17.3 Å². The average molecular weight is 609 g/mol. The van der Waals surface area contributed by atoms with Crippen LogP contribution in [0.15, 0.2) is 79.4 Å². The van der Waals surface area contributed by atoms with Crippen molar-refractivity contribution in [1.29, 1.82) is 0 Å². The van der Waals surface area contributed by atoms with E-state index in [2.05, 4.69) is 20.3 Å². The van der Waals surface area contributed by atoms with Crippen LogP contribution in [0, 0.1) is 24.5 Å². The molecule has 1 aliphatic rings. The van der Waals surface area contributed by atoms with Crippen LogP contribution in [0.2, 0.25) is 0 Å². The van der Waals surface area contributed by atoms with Gasteiger partial charge in [0, 0.05) is 61.3 Å². The smallest absolute Gasteiger partial charge is 0.159 e. The third-order valence-corrected chi connectivity index (χ3v) is 8.26. The number of ketones is 1. The lowest BCUT2D eigenvalue weighted by Crippen LogP contribution is -2.20. The second-order valence-corrected chi connectivity index (χ2v) is 11.4. The van der Waals surface area contributed by atoms with Gasteiger partial charge < -0.3 is 0 Å². The number of pyridine rings is 1. The molecule has 6 aromatic rings. The predicted molar refractivity (Wildman–Crippen MR) is 162 cm³/mol. The Bertz CT molecular complexity index is 1990. The van der Waals surface area contributed by atoms with Crippen LogP contribution < -0.4 is 0 Å². The van der Waals surface area contributed by atoms with Crippen LogP contribution in [-0.2, 0) is 29.6 Å². The summed E-state index contributed by atoms with van der Waals surface area (Å²) in [5, 5.41) is 18.7. The quantitative estimate of drug-likeness (QED) is 0.233. The third-order valence-electron chi connectivity index (χ3n) is 8.26. The minimum atomic E-state index is -0.955. The first-order valence-corrected chi connectivity index (χ1v) is 14.6. The predicted octanol–water partition coefficient (Wildman–Crippen LogP) is 5.44. The van der Waals surface area contributed by atoms with Gasteiger partial charge in [0.05, 0.1) is 36.0 Å². The van der Waals surface area contributed by atoms with Crippen molar-refractivity contribution >= 4 is 16.8 Å². The van der Waals surface area contributed by atoms with Crippen molar-refractivity contribution in [3.63, 3.8) is 0 Å². The van der Waals surface area contributed by atoms with E-state index in [0.29, 0.717) is 18.7 Å². The molecule has 0 radical (unpaired) electrons. The van der Waals surface area contributed by atoms with Crippen molar-refractivity contribution in [3.8, 4) is 16.9 Å². The van der Waals surface area contributed by atoms with E-state index in [9.17, 15) is 13.6 Å². The van der Waals surface area contributed by atoms with Crippen LogP contribution >= 0.6 is 0 Å². The number of hydrogen-bond acceptors (Lipinski definition) is 7. The summed E-state index contributed by atoms with van der Waals surface area (Å²) in [6.07, 6.45) is 6.67. The SMILES string of the molecule is Cc1c(-c2cnc3c(cnn3C)c2)nn(-c2ccccc2)c1CC(=O)C[C@@H]1CN(Cc2cn[nH]c2)O[C@H]1c1ccc(F)c(F)c1. The lowest BCUT2D eigenvalue weighted by atomic mass is 9.90. The van der Waals surface area contributed by atoms with E-state index in [1.54, 1.807) is 34.5 Å². The van der Waals surface area contributed by atoms with Gasteiger partial charge in [-0.25, -0.2) is 18.4 Å². The molecule has 12 heteroatoms. The van der Waals surface area contributed by atoms with E-state index < -0.39 is 17.7 Å². The molecule has 2 atom stereocenters. The Morgan fingerprint density at radius 1 is 1.07 bits per heavy atom. The van der Waals surface area contributed by atoms with Crippen LogP contribution in [0.3, 0.4) is 0 Å². The topological polar surface area (TPSA) is 107 Å². The molecule has 0 aliphatic carbocycles. The molecule has 10 nitrogen and oxygen atoms in total. The van der Waals surface area contributed by atoms with E-state index in [4.69, 9.17) is 9.94 Å². The third kappa shape index (κ3) is 5.65. The number of nitrogens with zero attached hydrogens (tertiary/aromatic N) is 7. The molecule has 0 spiro atoms. The minimum absolute atomic E-state index is 0.0195. The number of aromatic nitrogens is 7. The number of carbonyl (C=O) groups excluding carboxylic acids is 1. The monoisotopic (exact) mass is 608 g/mol. The highest BCUT2D eigenvalue weighted by atomic mass is 19.2. The Morgan fingerprint density at radius 3 is 2.69 bits per heavy atom. The zero-order valence-corrected chi connectivity index (χ0v) is 24.7. The molecular formula is C33H30F2N8O2. The summed E-state index contributed by atoms with van der Waals surface area (Å²) in [5.74, 6) is -2.20. The standard InChI is InChI=1S/C33H30F2N8O2/c1-20-30(43(26-6-4-3-5-7-26)40-31(20)23-10-24-17-39-41(2)33(24)36-16-23)13-27(44)11-25-19-42(18-21-14-37-38-15-21)45-32(25)22-8-9-28(34)29(35)12-22/h3-10,12,14-17,25,32H,11,13,18-19H2,1-2H3,(H,37,38)/t25-,32+/m1/s1. The molecule has 4 aromatic heterocycles. The van der Waals surface area contributed by atoms with Crippen LogP contribution in [0.4, 0.5) is 8.78 Å². The maximum Gasteiger partial charge on any atom is 0.159 e. The molecule has 5 heterocycles. The van der Waals surface area contributed by atoms with Gasteiger partial charge in [0.1, 0.15) is 11.9 Å². The molecule has 1 fully saturated rings. The molecule has 1 saturated heterocycles. The molecule has 228 valence electrons. The summed E-state index contributed by atoms with van der Waals surface area (Å²) in [6.45, 7) is 2.83. The van der Waals surface area contributed by atoms with E-state index in [1.165, 1.54) is 6.07 Å². The van der Waals surface area contributed by atoms with Crippen LogP contribution in [0.25, 0.3) is 28.0 Å². The van der Waals surface area contributed by atoms with Crippen molar-refractivity contribution in [2.75, 3.05) is 6.54 Å². The fourth-order valence-corrected chi connectivity index (χ4v) is 6.03. The Labute approximate surface area is 257 Å². The first-order chi connectivity index (χ1) is 21.8. The van der Waals surface area contributed by atoms with E-state index >= 15 is 0 Å². The summed E-state index contributed by atoms with van der Waals surface area (Å²) in [7, 11) is 1.84. The van der Waals surface area contributed by atoms with Gasteiger partial charge in [-0.15, -0.1) is 0 Å². The summed E-state index contributed by atoms with van der Waals surface area (Å²) in [4.78, 5) is 24.7. The van der Waals surface area contributed by atoms with Crippen LogP contribution in [0.1, 0.15) is 34.9 Å². The fourth-order valence-electron chi connectivity index (χ4n) is 6.03. The number of aryl methyl sites for hydroxylation is 1. The Balaban J connectivity index is 1.19. The van der Waals surface area contributed by atoms with Gasteiger partial charge >= 0.3 is 0 Å². The lowest BCUT2D eigenvalue weighted by molar-refractivity contribution is -0.156. The zero-order valence-electron chi connectivity index (χ0n) is 24.7. The Kier molecular flexibility index (Phi) is 7.51. The zero-order chi connectivity index (χ0) is 31.1. The highest BCUT2D eigenvalue weighted by Crippen LogP contribution is 2.38. The number of halogens is 2. The molecule has 0 amide bonds. The Hall–Kier alpha value is -5.07. The number of nitrogens with one attached hydrogen (secondary N) is 1. The van der Waals surface area contributed by atoms with Gasteiger partial charge in [-0.2, -0.15) is 20.4 Å². The minimum Gasteiger partial charge on any atom is -0.299 e. The molecule has 7 rings (SSSR count). The largest absolute Gasteiger partial charge is 0.299 e. The summed E-state index contributed by atoms with van der Waals surface area (Å²) < 4.78 is 31.6. The number of hydrogen-bond donors (Lipinski definition) is 1. The van der Waals surface area contributed by atoms with Gasteiger partial charge in [0.2, 0.25) is 0 Å². The molecule has 2 aromatic carbocycles. The molecule has 1 N–H and O–H groups in total. The summed E-state index contributed by atoms with van der Waals surface area (Å²) >= 11 is 0.